The molecule has 2 atom stereocenters. The lowest BCUT2D eigenvalue weighted by Crippen LogP contribution is -2.26. The maximum absolute atomic E-state index is 12.3. The summed E-state index contributed by atoms with van der Waals surface area (Å²) >= 11 is 3.00. The molecule has 0 spiro atoms. The monoisotopic (exact) mass is 364 g/mol. The number of hydrogen-bond acceptors (Lipinski definition) is 6. The number of pyridine rings is 1. The number of rotatable bonds is 6. The standard InChI is InChI=1S/C17H20N2O3S2/c1-2-22-17(21)15-11-6-5-7-12(11)24-16(15)19-13(20)10-23-14-8-3-4-9-18-14/h3-4,8-9,11-12H,2,5-7,10H2,1H3,(H,19,20). The second-order valence-corrected chi connectivity index (χ2v) is 7.91. The SMILES string of the molecule is CCOC(=O)C1=C(NC(=O)CSc2ccccn2)SC2CCCC12. The third-order valence-electron chi connectivity index (χ3n) is 4.07. The van der Waals surface area contributed by atoms with Crippen LogP contribution >= 0.6 is 23.5 Å². The summed E-state index contributed by atoms with van der Waals surface area (Å²) in [6.07, 6.45) is 4.91. The highest BCUT2D eigenvalue weighted by Gasteiger charge is 2.43. The second kappa shape index (κ2) is 8.07. The normalized spacial score (nSPS) is 22.4. The van der Waals surface area contributed by atoms with Crippen LogP contribution < -0.4 is 5.32 Å². The molecule has 5 nitrogen and oxygen atoms in total. The van der Waals surface area contributed by atoms with Crippen molar-refractivity contribution in [2.45, 2.75) is 36.5 Å². The quantitative estimate of drug-likeness (QED) is 0.618. The summed E-state index contributed by atoms with van der Waals surface area (Å²) in [5.74, 6) is 0.0850. The van der Waals surface area contributed by atoms with Crippen molar-refractivity contribution in [2.24, 2.45) is 5.92 Å². The van der Waals surface area contributed by atoms with Crippen molar-refractivity contribution in [3.63, 3.8) is 0 Å². The van der Waals surface area contributed by atoms with Crippen LogP contribution in [-0.2, 0) is 14.3 Å². The zero-order valence-electron chi connectivity index (χ0n) is 13.5. The smallest absolute Gasteiger partial charge is 0.336 e. The van der Waals surface area contributed by atoms with E-state index < -0.39 is 0 Å². The molecular formula is C17H20N2O3S2. The Morgan fingerprint density at radius 2 is 2.29 bits per heavy atom. The number of aromatic nitrogens is 1. The fraction of sp³-hybridized carbons (Fsp3) is 0.471. The molecule has 1 fully saturated rings. The van der Waals surface area contributed by atoms with Gasteiger partial charge < -0.3 is 10.1 Å². The van der Waals surface area contributed by atoms with Crippen molar-refractivity contribution >= 4 is 35.4 Å². The molecule has 0 radical (unpaired) electrons. The molecule has 1 aliphatic carbocycles. The molecule has 0 bridgehead atoms. The average molecular weight is 364 g/mol. The molecule has 0 aromatic carbocycles. The first-order valence-corrected chi connectivity index (χ1v) is 9.97. The molecule has 1 N–H and O–H groups in total. The molecule has 7 heteroatoms. The number of carbonyl (C=O) groups excluding carboxylic acids is 2. The molecule has 2 aliphatic rings. The van der Waals surface area contributed by atoms with Gasteiger partial charge in [-0.25, -0.2) is 9.78 Å². The van der Waals surface area contributed by atoms with Crippen LogP contribution in [0.25, 0.3) is 0 Å². The molecule has 1 aromatic rings. The molecule has 1 saturated carbocycles. The number of amides is 1. The molecule has 1 aliphatic heterocycles. The van der Waals surface area contributed by atoms with E-state index in [2.05, 4.69) is 10.3 Å². The van der Waals surface area contributed by atoms with Gasteiger partial charge >= 0.3 is 5.97 Å². The van der Waals surface area contributed by atoms with Crippen LogP contribution in [-0.4, -0.2) is 34.5 Å². The van der Waals surface area contributed by atoms with Crippen LogP contribution in [0, 0.1) is 5.92 Å². The van der Waals surface area contributed by atoms with Crippen molar-refractivity contribution in [2.75, 3.05) is 12.4 Å². The second-order valence-electron chi connectivity index (χ2n) is 5.66. The van der Waals surface area contributed by atoms with Crippen molar-refractivity contribution in [3.8, 4) is 0 Å². The van der Waals surface area contributed by atoms with E-state index in [0.717, 1.165) is 24.3 Å². The minimum absolute atomic E-state index is 0.116. The Hall–Kier alpha value is -1.47. The van der Waals surface area contributed by atoms with E-state index in [9.17, 15) is 9.59 Å². The molecular weight excluding hydrogens is 344 g/mol. The van der Waals surface area contributed by atoms with Crippen LogP contribution in [0.4, 0.5) is 0 Å². The number of esters is 1. The van der Waals surface area contributed by atoms with E-state index in [1.165, 1.54) is 11.8 Å². The summed E-state index contributed by atoms with van der Waals surface area (Å²) < 4.78 is 5.20. The fourth-order valence-electron chi connectivity index (χ4n) is 3.06. The maximum atomic E-state index is 12.3. The number of nitrogens with zero attached hydrogens (tertiary/aromatic N) is 1. The van der Waals surface area contributed by atoms with Gasteiger partial charge in [-0.2, -0.15) is 0 Å². The Morgan fingerprint density at radius 3 is 3.04 bits per heavy atom. The molecule has 1 aromatic heterocycles. The minimum Gasteiger partial charge on any atom is -0.463 e. The number of fused-ring (bicyclic) bond motifs is 1. The highest BCUT2D eigenvalue weighted by atomic mass is 32.2. The van der Waals surface area contributed by atoms with Crippen molar-refractivity contribution in [1.29, 1.82) is 0 Å². The third-order valence-corrected chi connectivity index (χ3v) is 6.44. The zero-order chi connectivity index (χ0) is 16.9. The summed E-state index contributed by atoms with van der Waals surface area (Å²) in [6, 6.07) is 5.60. The molecule has 24 heavy (non-hydrogen) atoms. The Bertz CT molecular complexity index is 648. The number of hydrogen-bond donors (Lipinski definition) is 1. The minimum atomic E-state index is -0.285. The maximum Gasteiger partial charge on any atom is 0.336 e. The van der Waals surface area contributed by atoms with E-state index >= 15 is 0 Å². The Morgan fingerprint density at radius 1 is 1.42 bits per heavy atom. The van der Waals surface area contributed by atoms with Crippen LogP contribution in [0.2, 0.25) is 0 Å². The highest BCUT2D eigenvalue weighted by Crippen LogP contribution is 2.49. The highest BCUT2D eigenvalue weighted by molar-refractivity contribution is 8.04. The van der Waals surface area contributed by atoms with Gasteiger partial charge in [0.05, 0.1) is 28.0 Å². The van der Waals surface area contributed by atoms with Gasteiger partial charge in [-0.3, -0.25) is 4.79 Å². The first-order chi connectivity index (χ1) is 11.7. The van der Waals surface area contributed by atoms with Crippen LogP contribution in [0.15, 0.2) is 40.0 Å². The summed E-state index contributed by atoms with van der Waals surface area (Å²) in [4.78, 5) is 28.7. The summed E-state index contributed by atoms with van der Waals surface area (Å²) in [5.41, 5.74) is 0.667. The summed E-state index contributed by atoms with van der Waals surface area (Å²) in [7, 11) is 0. The van der Waals surface area contributed by atoms with E-state index in [1.54, 1.807) is 24.9 Å². The van der Waals surface area contributed by atoms with Crippen LogP contribution in [0.3, 0.4) is 0 Å². The molecule has 2 heterocycles. The first-order valence-electron chi connectivity index (χ1n) is 8.10. The van der Waals surface area contributed by atoms with Gasteiger partial charge in [-0.15, -0.1) is 11.8 Å². The van der Waals surface area contributed by atoms with Gasteiger partial charge in [0.2, 0.25) is 5.91 Å². The lowest BCUT2D eigenvalue weighted by Gasteiger charge is -2.12. The van der Waals surface area contributed by atoms with Crippen molar-refractivity contribution in [3.05, 3.63) is 35.0 Å². The number of ether oxygens (including phenoxy) is 1. The first kappa shape index (κ1) is 17.4. The van der Waals surface area contributed by atoms with Gasteiger partial charge in [0.25, 0.3) is 0 Å². The van der Waals surface area contributed by atoms with E-state index in [-0.39, 0.29) is 23.5 Å². The Kier molecular flexibility index (Phi) is 5.84. The topological polar surface area (TPSA) is 68.3 Å². The van der Waals surface area contributed by atoms with Crippen LogP contribution in [0.5, 0.6) is 0 Å². The van der Waals surface area contributed by atoms with Crippen molar-refractivity contribution < 1.29 is 14.3 Å². The van der Waals surface area contributed by atoms with Gasteiger partial charge in [0, 0.05) is 17.4 Å². The fourth-order valence-corrected chi connectivity index (χ4v) is 5.28. The van der Waals surface area contributed by atoms with Crippen molar-refractivity contribution in [1.82, 2.24) is 10.3 Å². The Balaban J connectivity index is 1.65. The lowest BCUT2D eigenvalue weighted by molar-refractivity contribution is -0.139. The summed E-state index contributed by atoms with van der Waals surface area (Å²) in [5, 5.41) is 4.81. The molecule has 3 rings (SSSR count). The summed E-state index contributed by atoms with van der Waals surface area (Å²) in [6.45, 7) is 2.15. The average Bonchev–Trinajstić information content (AvgIpc) is 3.14. The molecule has 128 valence electrons. The predicted octanol–water partition coefficient (Wildman–Crippen LogP) is 2.98. The van der Waals surface area contributed by atoms with Gasteiger partial charge in [0.1, 0.15) is 0 Å². The van der Waals surface area contributed by atoms with Gasteiger partial charge in [-0.05, 0) is 31.9 Å². The molecule has 2 unspecified atom stereocenters. The molecule has 1 amide bonds. The Labute approximate surface area is 150 Å². The number of nitrogens with one attached hydrogen (secondary N) is 1. The van der Waals surface area contributed by atoms with Gasteiger partial charge in [-0.1, -0.05) is 24.2 Å². The largest absolute Gasteiger partial charge is 0.463 e. The lowest BCUT2D eigenvalue weighted by atomic mass is 9.98. The predicted molar refractivity (Wildman–Crippen MR) is 95.5 cm³/mol. The zero-order valence-corrected chi connectivity index (χ0v) is 15.1. The number of thioether (sulfide) groups is 2. The van der Waals surface area contributed by atoms with Gasteiger partial charge in [0.15, 0.2) is 0 Å². The van der Waals surface area contributed by atoms with E-state index in [1.807, 2.05) is 18.2 Å². The number of carbonyl (C=O) groups is 2. The van der Waals surface area contributed by atoms with E-state index in [4.69, 9.17) is 4.74 Å². The third kappa shape index (κ3) is 3.95. The van der Waals surface area contributed by atoms with Crippen LogP contribution in [0.1, 0.15) is 26.2 Å². The molecule has 0 saturated heterocycles. The van der Waals surface area contributed by atoms with E-state index in [0.29, 0.717) is 22.5 Å².